The molecule has 3 aromatic carbocycles. The van der Waals surface area contributed by atoms with Gasteiger partial charge in [-0.05, 0) is 74.7 Å². The molecule has 0 aliphatic heterocycles. The number of carbonyl (C=O) groups excluding carboxylic acids is 4. The van der Waals surface area contributed by atoms with Gasteiger partial charge in [0.25, 0.3) is 11.8 Å². The molecule has 0 bridgehead atoms. The number of likely N-dealkylation sites (N-methyl/N-ethyl adjacent to an activating group) is 1. The first-order valence-corrected chi connectivity index (χ1v) is 20.6. The van der Waals surface area contributed by atoms with Crippen LogP contribution in [-0.2, 0) is 26.0 Å². The Morgan fingerprint density at radius 1 is 0.870 bits per heavy atom. The molecule has 4 rings (SSSR count). The summed E-state index contributed by atoms with van der Waals surface area (Å²) >= 11 is 7.64. The molecule has 0 aliphatic rings. The highest BCUT2D eigenvalue weighted by Gasteiger charge is 2.27. The third kappa shape index (κ3) is 11.5. The van der Waals surface area contributed by atoms with E-state index >= 15 is 0 Å². The minimum atomic E-state index is -3.76. The standard InChI is InChI=1S/C38H48ClN7O6S2/c1-8-40-38(50)34(22(2)3)45-35(47)24(5)41-21-29(20-33-44-31-14-9-10-15-32(31)53-33)43-37(49)27-16-26(18-30(19-27)46(6)54(7,51)52)36(48)42-23(4)25-12-11-13-28(39)17-25/h9-19,22-24,29,34,41H,8,20-21H2,1-7H3,(H,40,50)(H,42,48)(H,43,49)(H,45,47)/t23-,24+,29+,34+/m1/s1. The molecule has 0 spiro atoms. The zero-order valence-corrected chi connectivity index (χ0v) is 33.8. The molecule has 290 valence electrons. The number of halogens is 1. The highest BCUT2D eigenvalue weighted by molar-refractivity contribution is 7.92. The topological polar surface area (TPSA) is 179 Å². The van der Waals surface area contributed by atoms with Gasteiger partial charge in [0.15, 0.2) is 0 Å². The second-order valence-electron chi connectivity index (χ2n) is 13.5. The fraction of sp³-hybridized carbons (Fsp3) is 0.395. The number of anilines is 1. The van der Waals surface area contributed by atoms with Crippen LogP contribution in [0.2, 0.25) is 5.02 Å². The molecule has 0 unspecified atom stereocenters. The molecule has 4 atom stereocenters. The molecule has 4 amide bonds. The van der Waals surface area contributed by atoms with Gasteiger partial charge >= 0.3 is 0 Å². The molecule has 16 heteroatoms. The number of carbonyl (C=O) groups is 4. The number of nitrogens with one attached hydrogen (secondary N) is 5. The highest BCUT2D eigenvalue weighted by atomic mass is 35.5. The summed E-state index contributed by atoms with van der Waals surface area (Å²) in [7, 11) is -2.42. The third-order valence-electron chi connectivity index (χ3n) is 8.76. The normalized spacial score (nSPS) is 13.8. The number of benzene rings is 3. The predicted molar refractivity (Wildman–Crippen MR) is 215 cm³/mol. The predicted octanol–water partition coefficient (Wildman–Crippen LogP) is 4.43. The SMILES string of the molecule is CCNC(=O)[C@@H](NC(=O)[C@H](C)NC[C@H](Cc1nc2ccccc2s1)NC(=O)c1cc(C(=O)N[C@H](C)c2cccc(Cl)c2)cc(N(C)S(C)(=O)=O)c1)C(C)C. The van der Waals surface area contributed by atoms with Crippen molar-refractivity contribution < 1.29 is 27.6 Å². The van der Waals surface area contributed by atoms with Gasteiger partial charge in [0.2, 0.25) is 21.8 Å². The van der Waals surface area contributed by atoms with Crippen LogP contribution in [0.3, 0.4) is 0 Å². The van der Waals surface area contributed by atoms with Gasteiger partial charge in [0.1, 0.15) is 6.04 Å². The molecule has 5 N–H and O–H groups in total. The van der Waals surface area contributed by atoms with Crippen molar-refractivity contribution in [2.24, 2.45) is 5.92 Å². The maximum absolute atomic E-state index is 14.0. The van der Waals surface area contributed by atoms with E-state index in [0.29, 0.717) is 18.0 Å². The van der Waals surface area contributed by atoms with Crippen molar-refractivity contribution in [3.05, 3.63) is 93.5 Å². The quantitative estimate of drug-likeness (QED) is 0.104. The van der Waals surface area contributed by atoms with Gasteiger partial charge in [-0.15, -0.1) is 11.3 Å². The van der Waals surface area contributed by atoms with E-state index in [2.05, 4.69) is 26.6 Å². The Hall–Kier alpha value is -4.57. The Labute approximate surface area is 325 Å². The summed E-state index contributed by atoms with van der Waals surface area (Å²) in [4.78, 5) is 58.2. The van der Waals surface area contributed by atoms with E-state index in [1.165, 1.54) is 36.6 Å². The Bertz CT molecular complexity index is 2060. The summed E-state index contributed by atoms with van der Waals surface area (Å²) in [6.45, 7) is 9.52. The minimum absolute atomic E-state index is 0.0466. The van der Waals surface area contributed by atoms with E-state index in [9.17, 15) is 27.6 Å². The Morgan fingerprint density at radius 3 is 2.15 bits per heavy atom. The molecule has 0 aliphatic carbocycles. The molecule has 54 heavy (non-hydrogen) atoms. The number of sulfonamides is 1. The van der Waals surface area contributed by atoms with Gasteiger partial charge in [-0.3, -0.25) is 23.5 Å². The van der Waals surface area contributed by atoms with Crippen LogP contribution in [0.25, 0.3) is 10.2 Å². The lowest BCUT2D eigenvalue weighted by Gasteiger charge is -2.25. The van der Waals surface area contributed by atoms with Crippen LogP contribution in [0.5, 0.6) is 0 Å². The van der Waals surface area contributed by atoms with Crippen molar-refractivity contribution in [1.82, 2.24) is 31.6 Å². The number of nitrogens with zero attached hydrogens (tertiary/aromatic N) is 2. The van der Waals surface area contributed by atoms with Crippen LogP contribution < -0.4 is 30.9 Å². The Morgan fingerprint density at radius 2 is 1.54 bits per heavy atom. The van der Waals surface area contributed by atoms with Crippen LogP contribution in [0.15, 0.2) is 66.7 Å². The van der Waals surface area contributed by atoms with Crippen molar-refractivity contribution in [3.63, 3.8) is 0 Å². The first kappa shape index (κ1) is 42.2. The van der Waals surface area contributed by atoms with Crippen LogP contribution in [0.1, 0.15) is 71.9 Å². The zero-order valence-electron chi connectivity index (χ0n) is 31.4. The molecular formula is C38H48ClN7O6S2. The van der Waals surface area contributed by atoms with Crippen molar-refractivity contribution >= 4 is 72.5 Å². The van der Waals surface area contributed by atoms with Gasteiger partial charge < -0.3 is 26.6 Å². The molecule has 4 aromatic rings. The zero-order chi connectivity index (χ0) is 39.7. The van der Waals surface area contributed by atoms with Crippen molar-refractivity contribution in [3.8, 4) is 0 Å². The second kappa shape index (κ2) is 18.7. The summed E-state index contributed by atoms with van der Waals surface area (Å²) in [6, 6.07) is 16.4. The van der Waals surface area contributed by atoms with Crippen molar-refractivity contribution in [2.45, 2.75) is 65.2 Å². The maximum atomic E-state index is 14.0. The number of rotatable bonds is 17. The lowest BCUT2D eigenvalue weighted by Crippen LogP contribution is -2.55. The van der Waals surface area contributed by atoms with Gasteiger partial charge in [-0.25, -0.2) is 13.4 Å². The molecule has 0 saturated carbocycles. The lowest BCUT2D eigenvalue weighted by atomic mass is 10.0. The van der Waals surface area contributed by atoms with Gasteiger partial charge in [-0.1, -0.05) is 49.7 Å². The molecule has 1 aromatic heterocycles. The number of thiazole rings is 1. The van der Waals surface area contributed by atoms with Gasteiger partial charge in [0, 0.05) is 48.7 Å². The van der Waals surface area contributed by atoms with Gasteiger partial charge in [0.05, 0.1) is 39.3 Å². The van der Waals surface area contributed by atoms with Crippen molar-refractivity contribution in [2.75, 3.05) is 30.7 Å². The fourth-order valence-electron chi connectivity index (χ4n) is 5.56. The molecule has 0 fully saturated rings. The summed E-state index contributed by atoms with van der Waals surface area (Å²) in [6.07, 6.45) is 1.32. The third-order valence-corrected chi connectivity index (χ3v) is 11.3. The summed E-state index contributed by atoms with van der Waals surface area (Å²) < 4.78 is 27.1. The van der Waals surface area contributed by atoms with Crippen LogP contribution in [-0.4, -0.2) is 81.5 Å². The van der Waals surface area contributed by atoms with E-state index in [0.717, 1.165) is 31.3 Å². The average molecular weight is 798 g/mol. The van der Waals surface area contributed by atoms with Gasteiger partial charge in [-0.2, -0.15) is 0 Å². The number of para-hydroxylation sites is 1. The minimum Gasteiger partial charge on any atom is -0.355 e. The second-order valence-corrected chi connectivity index (χ2v) is 17.0. The lowest BCUT2D eigenvalue weighted by molar-refractivity contribution is -0.130. The average Bonchev–Trinajstić information content (AvgIpc) is 3.53. The number of aromatic nitrogens is 1. The molecule has 0 radical (unpaired) electrons. The molecule has 1 heterocycles. The molecule has 0 saturated heterocycles. The van der Waals surface area contributed by atoms with E-state index in [1.807, 2.05) is 44.2 Å². The van der Waals surface area contributed by atoms with Crippen LogP contribution >= 0.6 is 22.9 Å². The summed E-state index contributed by atoms with van der Waals surface area (Å²) in [5.74, 6) is -1.91. The monoisotopic (exact) mass is 797 g/mol. The van der Waals surface area contributed by atoms with E-state index in [1.54, 1.807) is 39.0 Å². The number of hydrogen-bond acceptors (Lipinski definition) is 9. The highest BCUT2D eigenvalue weighted by Crippen LogP contribution is 2.25. The van der Waals surface area contributed by atoms with Crippen LogP contribution in [0, 0.1) is 5.92 Å². The fourth-order valence-corrected chi connectivity index (χ4v) is 7.29. The first-order chi connectivity index (χ1) is 25.5. The molecular weight excluding hydrogens is 750 g/mol. The molecule has 13 nitrogen and oxygen atoms in total. The van der Waals surface area contributed by atoms with E-state index in [-0.39, 0.29) is 41.1 Å². The maximum Gasteiger partial charge on any atom is 0.251 e. The summed E-state index contributed by atoms with van der Waals surface area (Å²) in [5.41, 5.74) is 1.80. The van der Waals surface area contributed by atoms with Crippen LogP contribution in [0.4, 0.5) is 5.69 Å². The number of fused-ring (bicyclic) bond motifs is 1. The summed E-state index contributed by atoms with van der Waals surface area (Å²) in [5, 5.41) is 15.9. The van der Waals surface area contributed by atoms with E-state index < -0.39 is 46.0 Å². The number of hydrogen-bond donors (Lipinski definition) is 5. The van der Waals surface area contributed by atoms with E-state index in [4.69, 9.17) is 16.6 Å². The number of amides is 4. The Balaban J connectivity index is 1.61. The largest absolute Gasteiger partial charge is 0.355 e. The first-order valence-electron chi connectivity index (χ1n) is 17.6. The smallest absolute Gasteiger partial charge is 0.251 e. The Kier molecular flexibility index (Phi) is 14.6. The van der Waals surface area contributed by atoms with Crippen molar-refractivity contribution in [1.29, 1.82) is 0 Å².